The Labute approximate surface area is 158 Å². The molecule has 0 bridgehead atoms. The van der Waals surface area contributed by atoms with Crippen LogP contribution in [0, 0.1) is 6.92 Å². The third-order valence-corrected chi connectivity index (χ3v) is 4.38. The fourth-order valence-corrected chi connectivity index (χ4v) is 2.83. The second kappa shape index (κ2) is 8.53. The zero-order valence-corrected chi connectivity index (χ0v) is 16.2. The van der Waals surface area contributed by atoms with Gasteiger partial charge in [0.05, 0.1) is 12.7 Å². The van der Waals surface area contributed by atoms with Gasteiger partial charge in [0.25, 0.3) is 5.91 Å². The summed E-state index contributed by atoms with van der Waals surface area (Å²) in [6, 6.07) is 9.07. The number of benzene rings is 1. The molecular weight excluding hydrogens is 348 g/mol. The molecule has 0 radical (unpaired) electrons. The van der Waals surface area contributed by atoms with Crippen molar-refractivity contribution in [3.8, 4) is 0 Å². The number of H-pyrrole nitrogens is 1. The second-order valence-electron chi connectivity index (χ2n) is 6.10. The standard InChI is InChI=1S/C20H24N2O5/c1-6-15-16(19(24)26-5)12(2)17(21-15)20(25)27-13(3)18(23)22(4)14-10-8-7-9-11-14/h7-11,13,21H,6H2,1-5H3. The monoisotopic (exact) mass is 372 g/mol. The fourth-order valence-electron chi connectivity index (χ4n) is 2.83. The van der Waals surface area contributed by atoms with Crippen molar-refractivity contribution in [3.63, 3.8) is 0 Å². The molecule has 1 atom stereocenters. The number of amides is 1. The molecule has 7 nitrogen and oxygen atoms in total. The summed E-state index contributed by atoms with van der Waals surface area (Å²) in [4.78, 5) is 41.4. The smallest absolute Gasteiger partial charge is 0.355 e. The highest BCUT2D eigenvalue weighted by Crippen LogP contribution is 2.22. The molecule has 1 N–H and O–H groups in total. The maximum atomic E-state index is 12.6. The Morgan fingerprint density at radius 2 is 1.78 bits per heavy atom. The van der Waals surface area contributed by atoms with Gasteiger partial charge in [0.2, 0.25) is 0 Å². The van der Waals surface area contributed by atoms with Crippen LogP contribution in [0.25, 0.3) is 0 Å². The molecule has 1 heterocycles. The van der Waals surface area contributed by atoms with Crippen molar-refractivity contribution in [1.82, 2.24) is 4.98 Å². The summed E-state index contributed by atoms with van der Waals surface area (Å²) in [5.41, 5.74) is 2.20. The molecule has 1 amide bonds. The van der Waals surface area contributed by atoms with Crippen LogP contribution in [0.3, 0.4) is 0 Å². The molecule has 0 aliphatic rings. The van der Waals surface area contributed by atoms with Crippen LogP contribution in [0.1, 0.15) is 46.0 Å². The number of carbonyl (C=O) groups excluding carboxylic acids is 3. The maximum absolute atomic E-state index is 12.6. The average Bonchev–Trinajstić information content (AvgIpc) is 3.03. The van der Waals surface area contributed by atoms with Gasteiger partial charge in [-0.25, -0.2) is 9.59 Å². The van der Waals surface area contributed by atoms with E-state index < -0.39 is 18.0 Å². The summed E-state index contributed by atoms with van der Waals surface area (Å²) in [6.45, 7) is 5.01. The summed E-state index contributed by atoms with van der Waals surface area (Å²) in [6.07, 6.45) is -0.471. The molecule has 1 aromatic heterocycles. The van der Waals surface area contributed by atoms with E-state index in [9.17, 15) is 14.4 Å². The fraction of sp³-hybridized carbons (Fsp3) is 0.350. The predicted octanol–water partition coefficient (Wildman–Crippen LogP) is 2.88. The maximum Gasteiger partial charge on any atom is 0.355 e. The first-order valence-electron chi connectivity index (χ1n) is 8.65. The highest BCUT2D eigenvalue weighted by atomic mass is 16.5. The number of ether oxygens (including phenoxy) is 2. The number of esters is 2. The molecule has 0 aliphatic heterocycles. The van der Waals surface area contributed by atoms with Gasteiger partial charge in [-0.1, -0.05) is 25.1 Å². The van der Waals surface area contributed by atoms with E-state index in [2.05, 4.69) is 4.98 Å². The largest absolute Gasteiger partial charge is 0.465 e. The zero-order chi connectivity index (χ0) is 20.1. The second-order valence-corrected chi connectivity index (χ2v) is 6.10. The molecule has 0 saturated heterocycles. The minimum atomic E-state index is -0.989. The van der Waals surface area contributed by atoms with Crippen molar-refractivity contribution in [1.29, 1.82) is 0 Å². The van der Waals surface area contributed by atoms with Gasteiger partial charge in [0, 0.05) is 18.4 Å². The topological polar surface area (TPSA) is 88.7 Å². The van der Waals surface area contributed by atoms with Gasteiger partial charge in [0.1, 0.15) is 5.69 Å². The van der Waals surface area contributed by atoms with Gasteiger partial charge in [-0.05, 0) is 38.0 Å². The Morgan fingerprint density at radius 1 is 1.15 bits per heavy atom. The van der Waals surface area contributed by atoms with E-state index in [4.69, 9.17) is 9.47 Å². The molecule has 0 saturated carbocycles. The van der Waals surface area contributed by atoms with Gasteiger partial charge >= 0.3 is 11.9 Å². The molecule has 144 valence electrons. The third-order valence-electron chi connectivity index (χ3n) is 4.38. The molecular formula is C20H24N2O5. The number of hydrogen-bond donors (Lipinski definition) is 1. The van der Waals surface area contributed by atoms with Gasteiger partial charge < -0.3 is 19.4 Å². The first kappa shape index (κ1) is 20.2. The Hall–Kier alpha value is -3.09. The van der Waals surface area contributed by atoms with Gasteiger partial charge in [-0.3, -0.25) is 4.79 Å². The molecule has 0 spiro atoms. The van der Waals surface area contributed by atoms with Crippen LogP contribution >= 0.6 is 0 Å². The lowest BCUT2D eigenvalue weighted by Crippen LogP contribution is -2.37. The van der Waals surface area contributed by atoms with Crippen molar-refractivity contribution in [2.75, 3.05) is 19.1 Å². The van der Waals surface area contributed by atoms with E-state index >= 15 is 0 Å². The Bertz CT molecular complexity index is 842. The summed E-state index contributed by atoms with van der Waals surface area (Å²) < 4.78 is 10.1. The number of hydrogen-bond acceptors (Lipinski definition) is 5. The lowest BCUT2D eigenvalue weighted by Gasteiger charge is -2.21. The first-order chi connectivity index (χ1) is 12.8. The Kier molecular flexibility index (Phi) is 6.39. The van der Waals surface area contributed by atoms with E-state index in [1.165, 1.54) is 18.9 Å². The highest BCUT2D eigenvalue weighted by Gasteiger charge is 2.28. The predicted molar refractivity (Wildman–Crippen MR) is 101 cm³/mol. The summed E-state index contributed by atoms with van der Waals surface area (Å²) in [5, 5.41) is 0. The molecule has 2 aromatic rings. The molecule has 0 fully saturated rings. The summed E-state index contributed by atoms with van der Waals surface area (Å²) in [5.74, 6) is -1.57. The minimum Gasteiger partial charge on any atom is -0.465 e. The van der Waals surface area contributed by atoms with E-state index in [-0.39, 0.29) is 11.6 Å². The normalized spacial score (nSPS) is 11.6. The quantitative estimate of drug-likeness (QED) is 0.788. The number of para-hydroxylation sites is 1. The van der Waals surface area contributed by atoms with Crippen molar-refractivity contribution in [2.24, 2.45) is 0 Å². The molecule has 0 aliphatic carbocycles. The first-order valence-corrected chi connectivity index (χ1v) is 8.65. The van der Waals surface area contributed by atoms with Crippen LogP contribution < -0.4 is 4.90 Å². The molecule has 27 heavy (non-hydrogen) atoms. The molecule has 2 rings (SSSR count). The van der Waals surface area contributed by atoms with Crippen molar-refractivity contribution < 1.29 is 23.9 Å². The number of carbonyl (C=O) groups is 3. The number of nitrogens with zero attached hydrogens (tertiary/aromatic N) is 1. The number of aromatic nitrogens is 1. The number of nitrogens with one attached hydrogen (secondary N) is 1. The molecule has 1 aromatic carbocycles. The van der Waals surface area contributed by atoms with E-state index in [0.717, 1.165) is 0 Å². The lowest BCUT2D eigenvalue weighted by atomic mass is 10.1. The van der Waals surface area contributed by atoms with E-state index in [1.54, 1.807) is 26.1 Å². The summed E-state index contributed by atoms with van der Waals surface area (Å²) >= 11 is 0. The van der Waals surface area contributed by atoms with Crippen LogP contribution in [0.4, 0.5) is 5.69 Å². The van der Waals surface area contributed by atoms with Crippen LogP contribution in [0.2, 0.25) is 0 Å². The Morgan fingerprint density at radius 3 is 2.33 bits per heavy atom. The number of anilines is 1. The van der Waals surface area contributed by atoms with Crippen molar-refractivity contribution >= 4 is 23.5 Å². The number of aryl methyl sites for hydroxylation is 1. The van der Waals surface area contributed by atoms with Crippen LogP contribution in [0.15, 0.2) is 30.3 Å². The number of methoxy groups -OCH3 is 1. The lowest BCUT2D eigenvalue weighted by molar-refractivity contribution is -0.126. The third kappa shape index (κ3) is 4.19. The van der Waals surface area contributed by atoms with Crippen LogP contribution in [0.5, 0.6) is 0 Å². The highest BCUT2D eigenvalue weighted by molar-refractivity contribution is 6.01. The number of aromatic amines is 1. The van der Waals surface area contributed by atoms with Crippen LogP contribution in [-0.4, -0.2) is 43.1 Å². The Balaban J connectivity index is 2.18. The average molecular weight is 372 g/mol. The zero-order valence-electron chi connectivity index (χ0n) is 16.2. The van der Waals surface area contributed by atoms with Gasteiger partial charge in [0.15, 0.2) is 6.10 Å². The minimum absolute atomic E-state index is 0.147. The number of likely N-dealkylation sites (N-methyl/N-ethyl adjacent to an activating group) is 1. The van der Waals surface area contributed by atoms with E-state index in [0.29, 0.717) is 28.9 Å². The van der Waals surface area contributed by atoms with E-state index in [1.807, 2.05) is 25.1 Å². The van der Waals surface area contributed by atoms with Crippen molar-refractivity contribution in [2.45, 2.75) is 33.3 Å². The molecule has 1 unspecified atom stereocenters. The van der Waals surface area contributed by atoms with Crippen molar-refractivity contribution in [3.05, 3.63) is 52.8 Å². The summed E-state index contributed by atoms with van der Waals surface area (Å²) in [7, 11) is 2.90. The van der Waals surface area contributed by atoms with Gasteiger partial charge in [-0.2, -0.15) is 0 Å². The van der Waals surface area contributed by atoms with Crippen LogP contribution in [-0.2, 0) is 20.7 Å². The number of rotatable bonds is 6. The SMILES string of the molecule is CCc1[nH]c(C(=O)OC(C)C(=O)N(C)c2ccccc2)c(C)c1C(=O)OC. The molecule has 7 heteroatoms. The van der Waals surface area contributed by atoms with Gasteiger partial charge in [-0.15, -0.1) is 0 Å².